The standard InChI is InChI=1S/C6H6N4/c7-4-3-8-5-1-2-9-10-6(4)5/h1-3,8H,7H2. The summed E-state index contributed by atoms with van der Waals surface area (Å²) >= 11 is 0. The molecule has 2 heterocycles. The van der Waals surface area contributed by atoms with E-state index in [-0.39, 0.29) is 0 Å². The number of hydrogen-bond acceptors (Lipinski definition) is 3. The Bertz CT molecular complexity index is 351. The molecule has 2 aromatic heterocycles. The molecule has 4 heteroatoms. The number of nitrogens with two attached hydrogens (primary N) is 1. The second-order valence-corrected chi connectivity index (χ2v) is 2.04. The Balaban J connectivity index is 2.93. The van der Waals surface area contributed by atoms with Crippen molar-refractivity contribution in [3.63, 3.8) is 0 Å². The smallest absolute Gasteiger partial charge is 0.133 e. The molecule has 2 rings (SSSR count). The number of nitrogen functional groups attached to an aromatic ring is 1. The van der Waals surface area contributed by atoms with Crippen molar-refractivity contribution in [3.05, 3.63) is 18.5 Å². The largest absolute Gasteiger partial charge is 0.396 e. The number of fused-ring (bicyclic) bond motifs is 1. The van der Waals surface area contributed by atoms with Gasteiger partial charge in [-0.15, -0.1) is 5.10 Å². The molecule has 10 heavy (non-hydrogen) atoms. The fraction of sp³-hybridized carbons (Fsp3) is 0. The number of rotatable bonds is 0. The molecule has 0 amide bonds. The minimum absolute atomic E-state index is 0.642. The van der Waals surface area contributed by atoms with E-state index in [1.165, 1.54) is 0 Å². The number of aromatic nitrogens is 3. The maximum absolute atomic E-state index is 5.54. The van der Waals surface area contributed by atoms with Crippen molar-refractivity contribution in [2.24, 2.45) is 0 Å². The maximum atomic E-state index is 5.54. The molecule has 3 N–H and O–H groups in total. The fourth-order valence-corrected chi connectivity index (χ4v) is 0.885. The van der Waals surface area contributed by atoms with Gasteiger partial charge in [-0.05, 0) is 6.07 Å². The summed E-state index contributed by atoms with van der Waals surface area (Å²) in [7, 11) is 0. The zero-order valence-electron chi connectivity index (χ0n) is 5.20. The van der Waals surface area contributed by atoms with Gasteiger partial charge >= 0.3 is 0 Å². The van der Waals surface area contributed by atoms with Crippen LogP contribution in [-0.2, 0) is 0 Å². The molecule has 0 saturated carbocycles. The van der Waals surface area contributed by atoms with E-state index >= 15 is 0 Å². The van der Waals surface area contributed by atoms with Gasteiger partial charge in [0.05, 0.1) is 17.4 Å². The summed E-state index contributed by atoms with van der Waals surface area (Å²) in [6, 6.07) is 1.83. The van der Waals surface area contributed by atoms with Gasteiger partial charge in [0, 0.05) is 6.20 Å². The average molecular weight is 134 g/mol. The molecule has 0 aliphatic rings. The Kier molecular flexibility index (Phi) is 0.887. The number of nitrogens with one attached hydrogen (secondary N) is 1. The molecule has 0 aliphatic carbocycles. The van der Waals surface area contributed by atoms with Crippen molar-refractivity contribution in [1.82, 2.24) is 15.2 Å². The van der Waals surface area contributed by atoms with Crippen LogP contribution in [0.5, 0.6) is 0 Å². The summed E-state index contributed by atoms with van der Waals surface area (Å²) in [5.41, 5.74) is 7.85. The average Bonchev–Trinajstić information content (AvgIpc) is 2.34. The van der Waals surface area contributed by atoms with E-state index in [0.29, 0.717) is 5.69 Å². The van der Waals surface area contributed by atoms with Crippen LogP contribution in [0.15, 0.2) is 18.5 Å². The van der Waals surface area contributed by atoms with Gasteiger partial charge in [0.2, 0.25) is 0 Å². The van der Waals surface area contributed by atoms with Crippen LogP contribution >= 0.6 is 0 Å². The molecule has 4 nitrogen and oxygen atoms in total. The summed E-state index contributed by atoms with van der Waals surface area (Å²) in [5, 5.41) is 7.53. The molecular formula is C6H6N4. The molecule has 0 atom stereocenters. The van der Waals surface area contributed by atoms with Crippen LogP contribution in [0.25, 0.3) is 11.0 Å². The van der Waals surface area contributed by atoms with E-state index in [0.717, 1.165) is 11.0 Å². The van der Waals surface area contributed by atoms with E-state index in [1.54, 1.807) is 12.4 Å². The van der Waals surface area contributed by atoms with E-state index in [2.05, 4.69) is 15.2 Å². The highest BCUT2D eigenvalue weighted by Crippen LogP contribution is 2.14. The van der Waals surface area contributed by atoms with Gasteiger partial charge in [-0.25, -0.2) is 0 Å². The van der Waals surface area contributed by atoms with Crippen molar-refractivity contribution >= 4 is 16.7 Å². The zero-order chi connectivity index (χ0) is 6.97. The summed E-state index contributed by atoms with van der Waals surface area (Å²) in [4.78, 5) is 2.96. The van der Waals surface area contributed by atoms with Crippen LogP contribution in [-0.4, -0.2) is 15.2 Å². The highest BCUT2D eigenvalue weighted by atomic mass is 15.1. The zero-order valence-corrected chi connectivity index (χ0v) is 5.20. The van der Waals surface area contributed by atoms with Crippen molar-refractivity contribution in [1.29, 1.82) is 0 Å². The Morgan fingerprint density at radius 3 is 3.20 bits per heavy atom. The Hall–Kier alpha value is -1.58. The highest BCUT2D eigenvalue weighted by molar-refractivity contribution is 5.86. The minimum Gasteiger partial charge on any atom is -0.396 e. The van der Waals surface area contributed by atoms with Gasteiger partial charge in [-0.2, -0.15) is 5.10 Å². The van der Waals surface area contributed by atoms with Crippen molar-refractivity contribution in [3.8, 4) is 0 Å². The molecular weight excluding hydrogens is 128 g/mol. The number of anilines is 1. The molecule has 50 valence electrons. The Labute approximate surface area is 57.1 Å². The molecule has 0 unspecified atom stereocenters. The van der Waals surface area contributed by atoms with Crippen molar-refractivity contribution in [2.75, 3.05) is 5.73 Å². The van der Waals surface area contributed by atoms with E-state index in [4.69, 9.17) is 5.73 Å². The molecule has 0 saturated heterocycles. The molecule has 2 aromatic rings. The first-order valence-corrected chi connectivity index (χ1v) is 2.92. The molecule has 0 bridgehead atoms. The van der Waals surface area contributed by atoms with Gasteiger partial charge in [-0.3, -0.25) is 0 Å². The first kappa shape index (κ1) is 5.22. The Morgan fingerprint density at radius 1 is 1.50 bits per heavy atom. The minimum atomic E-state index is 0.642. The predicted octanol–water partition coefficient (Wildman–Crippen LogP) is 0.540. The van der Waals surface area contributed by atoms with Gasteiger partial charge in [0.1, 0.15) is 5.52 Å². The molecule has 0 fully saturated rings. The quantitative estimate of drug-likeness (QED) is 0.552. The summed E-state index contributed by atoms with van der Waals surface area (Å²) in [6.07, 6.45) is 3.33. The number of aromatic amines is 1. The van der Waals surface area contributed by atoms with Gasteiger partial charge in [0.25, 0.3) is 0 Å². The first-order chi connectivity index (χ1) is 4.88. The second kappa shape index (κ2) is 1.70. The maximum Gasteiger partial charge on any atom is 0.133 e. The van der Waals surface area contributed by atoms with Crippen molar-refractivity contribution < 1.29 is 0 Å². The van der Waals surface area contributed by atoms with Gasteiger partial charge in [-0.1, -0.05) is 0 Å². The predicted molar refractivity (Wildman–Crippen MR) is 38.3 cm³/mol. The fourth-order valence-electron chi connectivity index (χ4n) is 0.885. The molecule has 0 spiro atoms. The van der Waals surface area contributed by atoms with Gasteiger partial charge < -0.3 is 10.7 Å². The lowest BCUT2D eigenvalue weighted by atomic mass is 10.4. The van der Waals surface area contributed by atoms with Crippen molar-refractivity contribution in [2.45, 2.75) is 0 Å². The second-order valence-electron chi connectivity index (χ2n) is 2.04. The van der Waals surface area contributed by atoms with E-state index in [9.17, 15) is 0 Å². The number of H-pyrrole nitrogens is 1. The normalized spacial score (nSPS) is 10.4. The SMILES string of the molecule is Nc1c[nH]c2ccnnc12. The topological polar surface area (TPSA) is 67.6 Å². The van der Waals surface area contributed by atoms with Crippen LogP contribution < -0.4 is 5.73 Å². The summed E-state index contributed by atoms with van der Waals surface area (Å²) in [6.45, 7) is 0. The van der Waals surface area contributed by atoms with Crippen LogP contribution in [0.3, 0.4) is 0 Å². The number of hydrogen-bond donors (Lipinski definition) is 2. The lowest BCUT2D eigenvalue weighted by molar-refractivity contribution is 1.08. The monoisotopic (exact) mass is 134 g/mol. The highest BCUT2D eigenvalue weighted by Gasteiger charge is 1.98. The van der Waals surface area contributed by atoms with Crippen LogP contribution in [0, 0.1) is 0 Å². The third-order valence-corrected chi connectivity index (χ3v) is 1.38. The summed E-state index contributed by atoms with van der Waals surface area (Å²) < 4.78 is 0. The Morgan fingerprint density at radius 2 is 2.40 bits per heavy atom. The third kappa shape index (κ3) is 0.556. The van der Waals surface area contributed by atoms with Gasteiger partial charge in [0.15, 0.2) is 0 Å². The number of nitrogens with zero attached hydrogens (tertiary/aromatic N) is 2. The molecule has 0 aromatic carbocycles. The lowest BCUT2D eigenvalue weighted by Crippen LogP contribution is -1.84. The lowest BCUT2D eigenvalue weighted by Gasteiger charge is -1.84. The van der Waals surface area contributed by atoms with E-state index < -0.39 is 0 Å². The third-order valence-electron chi connectivity index (χ3n) is 1.38. The van der Waals surface area contributed by atoms with Crippen LogP contribution in [0.4, 0.5) is 5.69 Å². The molecule has 0 radical (unpaired) electrons. The first-order valence-electron chi connectivity index (χ1n) is 2.92. The van der Waals surface area contributed by atoms with E-state index in [1.807, 2.05) is 6.07 Å². The van der Waals surface area contributed by atoms with Crippen LogP contribution in [0.2, 0.25) is 0 Å². The summed E-state index contributed by atoms with van der Waals surface area (Å²) in [5.74, 6) is 0. The van der Waals surface area contributed by atoms with Crippen LogP contribution in [0.1, 0.15) is 0 Å². The molecule has 0 aliphatic heterocycles.